The Balaban J connectivity index is 1.77. The summed E-state index contributed by atoms with van der Waals surface area (Å²) >= 11 is 0. The van der Waals surface area contributed by atoms with Gasteiger partial charge in [-0.2, -0.15) is 0 Å². The van der Waals surface area contributed by atoms with Crippen molar-refractivity contribution in [1.82, 2.24) is 14.8 Å². The van der Waals surface area contributed by atoms with Crippen LogP contribution in [0, 0.1) is 5.92 Å². The highest BCUT2D eigenvalue weighted by molar-refractivity contribution is 6.14. The van der Waals surface area contributed by atoms with Crippen molar-refractivity contribution in [3.63, 3.8) is 0 Å². The number of fused-ring (bicyclic) bond motifs is 1. The van der Waals surface area contributed by atoms with Crippen LogP contribution in [-0.4, -0.2) is 28.4 Å². The SMILES string of the molecule is [B][C@]1(F)C[C@@H](c2ccccc2)n2nc(C(=O)C3CC3)nc21. The number of aromatic nitrogens is 3. The Morgan fingerprint density at radius 2 is 2.05 bits per heavy atom. The van der Waals surface area contributed by atoms with E-state index in [4.69, 9.17) is 7.85 Å². The van der Waals surface area contributed by atoms with Gasteiger partial charge in [0.25, 0.3) is 0 Å². The number of carbonyl (C=O) groups is 1. The predicted octanol–water partition coefficient (Wildman–Crippen LogP) is 2.15. The Morgan fingerprint density at radius 3 is 2.71 bits per heavy atom. The summed E-state index contributed by atoms with van der Waals surface area (Å²) in [7, 11) is 5.72. The van der Waals surface area contributed by atoms with Gasteiger partial charge in [0, 0.05) is 12.3 Å². The molecule has 6 heteroatoms. The van der Waals surface area contributed by atoms with E-state index in [1.54, 1.807) is 0 Å². The standard InChI is InChI=1S/C15H13BFN3O/c16-15(17)8-11(9-4-2-1-3-5-9)20-14(15)18-13(19-20)12(21)10-6-7-10/h1-5,10-11H,6-8H2/t11-,15-/m0/s1. The van der Waals surface area contributed by atoms with Crippen LogP contribution in [0.2, 0.25) is 0 Å². The number of Topliss-reactive ketones (excluding diaryl/α,β-unsaturated/α-hetero) is 1. The van der Waals surface area contributed by atoms with E-state index >= 15 is 0 Å². The van der Waals surface area contributed by atoms with Gasteiger partial charge in [-0.25, -0.2) is 14.1 Å². The molecule has 0 unspecified atom stereocenters. The first kappa shape index (κ1) is 12.7. The molecule has 2 radical (unpaired) electrons. The van der Waals surface area contributed by atoms with Gasteiger partial charge in [0.2, 0.25) is 11.6 Å². The Morgan fingerprint density at radius 1 is 1.33 bits per heavy atom. The molecule has 1 saturated carbocycles. The van der Waals surface area contributed by atoms with E-state index in [9.17, 15) is 9.18 Å². The molecule has 0 saturated heterocycles. The molecule has 21 heavy (non-hydrogen) atoms. The summed E-state index contributed by atoms with van der Waals surface area (Å²) < 4.78 is 16.1. The zero-order valence-corrected chi connectivity index (χ0v) is 11.4. The molecule has 0 N–H and O–H groups in total. The van der Waals surface area contributed by atoms with Crippen molar-refractivity contribution in [3.8, 4) is 0 Å². The minimum atomic E-state index is -2.05. The Bertz CT molecular complexity index is 709. The molecule has 2 aliphatic rings. The summed E-state index contributed by atoms with van der Waals surface area (Å²) in [5.41, 5.74) is -1.13. The predicted molar refractivity (Wildman–Crippen MR) is 74.8 cm³/mol. The van der Waals surface area contributed by atoms with Crippen LogP contribution in [0.15, 0.2) is 30.3 Å². The second-order valence-electron chi connectivity index (χ2n) is 5.84. The lowest BCUT2D eigenvalue weighted by molar-refractivity contribution is 0.0956. The third-order valence-electron chi connectivity index (χ3n) is 4.14. The largest absolute Gasteiger partial charge is 0.290 e. The molecular weight excluding hydrogens is 268 g/mol. The van der Waals surface area contributed by atoms with Crippen LogP contribution in [-0.2, 0) is 5.57 Å². The first-order valence-electron chi connectivity index (χ1n) is 7.10. The van der Waals surface area contributed by atoms with Gasteiger partial charge < -0.3 is 0 Å². The summed E-state index contributed by atoms with van der Waals surface area (Å²) in [6.07, 6.45) is 1.83. The van der Waals surface area contributed by atoms with Gasteiger partial charge in [-0.15, -0.1) is 5.10 Å². The van der Waals surface area contributed by atoms with Crippen LogP contribution in [0.25, 0.3) is 0 Å². The van der Waals surface area contributed by atoms with E-state index in [2.05, 4.69) is 10.1 Å². The lowest BCUT2D eigenvalue weighted by Gasteiger charge is -2.14. The second kappa shape index (κ2) is 4.26. The smallest absolute Gasteiger partial charge is 0.217 e. The van der Waals surface area contributed by atoms with E-state index in [0.29, 0.717) is 0 Å². The molecule has 0 bridgehead atoms. The number of benzene rings is 1. The summed E-state index contributed by atoms with van der Waals surface area (Å²) in [5.74, 6) is 0.0653. The van der Waals surface area contributed by atoms with Crippen LogP contribution in [0.5, 0.6) is 0 Å². The van der Waals surface area contributed by atoms with Gasteiger partial charge in [0.15, 0.2) is 5.82 Å². The highest BCUT2D eigenvalue weighted by Gasteiger charge is 2.45. The summed E-state index contributed by atoms with van der Waals surface area (Å²) in [4.78, 5) is 16.1. The maximum Gasteiger partial charge on any atom is 0.217 e. The maximum atomic E-state index is 14.6. The van der Waals surface area contributed by atoms with Crippen molar-refractivity contribution in [2.45, 2.75) is 30.9 Å². The molecule has 4 rings (SSSR count). The average molecular weight is 281 g/mol. The van der Waals surface area contributed by atoms with E-state index in [1.165, 1.54) is 4.68 Å². The lowest BCUT2D eigenvalue weighted by Crippen LogP contribution is -2.18. The zero-order valence-electron chi connectivity index (χ0n) is 11.4. The number of rotatable bonds is 3. The quantitative estimate of drug-likeness (QED) is 0.639. The third-order valence-corrected chi connectivity index (χ3v) is 4.14. The van der Waals surface area contributed by atoms with E-state index in [1.807, 2.05) is 30.3 Å². The molecule has 1 aliphatic carbocycles. The number of carbonyl (C=O) groups excluding carboxylic acids is 1. The number of hydrogen-bond donors (Lipinski definition) is 0. The topological polar surface area (TPSA) is 47.8 Å². The number of hydrogen-bond acceptors (Lipinski definition) is 3. The molecule has 104 valence electrons. The molecule has 4 nitrogen and oxygen atoms in total. The fourth-order valence-corrected chi connectivity index (χ4v) is 2.85. The molecule has 1 aliphatic heterocycles. The molecule has 2 heterocycles. The van der Waals surface area contributed by atoms with Crippen LogP contribution in [0.4, 0.5) is 4.39 Å². The summed E-state index contributed by atoms with van der Waals surface area (Å²) in [6.45, 7) is 0. The monoisotopic (exact) mass is 281 g/mol. The zero-order chi connectivity index (χ0) is 14.6. The number of nitrogens with zero attached hydrogens (tertiary/aromatic N) is 3. The Hall–Kier alpha value is -1.98. The van der Waals surface area contributed by atoms with Crippen LogP contribution in [0.1, 0.15) is 47.3 Å². The normalized spacial score (nSPS) is 27.6. The summed E-state index contributed by atoms with van der Waals surface area (Å²) in [6, 6.07) is 9.16. The number of alkyl halides is 1. The molecule has 1 aromatic heterocycles. The fraction of sp³-hybridized carbons (Fsp3) is 0.400. The molecular formula is C15H13BFN3O. The van der Waals surface area contributed by atoms with Crippen molar-refractivity contribution < 1.29 is 9.18 Å². The first-order valence-corrected chi connectivity index (χ1v) is 7.10. The molecule has 2 aromatic rings. The van der Waals surface area contributed by atoms with Crippen molar-refractivity contribution in [1.29, 1.82) is 0 Å². The van der Waals surface area contributed by atoms with Gasteiger partial charge in [-0.05, 0) is 18.4 Å². The average Bonchev–Trinajstić information content (AvgIpc) is 3.17. The van der Waals surface area contributed by atoms with Crippen molar-refractivity contribution in [2.24, 2.45) is 5.92 Å². The first-order chi connectivity index (χ1) is 10.1. The van der Waals surface area contributed by atoms with E-state index in [0.717, 1.165) is 18.4 Å². The van der Waals surface area contributed by atoms with Crippen LogP contribution in [0.3, 0.4) is 0 Å². The lowest BCUT2D eigenvalue weighted by atomic mass is 9.79. The third kappa shape index (κ3) is 2.01. The summed E-state index contributed by atoms with van der Waals surface area (Å²) in [5, 5.41) is 4.24. The molecule has 0 spiro atoms. The van der Waals surface area contributed by atoms with Gasteiger partial charge in [0.05, 0.1) is 6.04 Å². The van der Waals surface area contributed by atoms with E-state index < -0.39 is 5.57 Å². The molecule has 1 fully saturated rings. The van der Waals surface area contributed by atoms with E-state index in [-0.39, 0.29) is 35.8 Å². The maximum absolute atomic E-state index is 14.6. The molecule has 0 amide bonds. The minimum absolute atomic E-state index is 0.00934. The molecule has 2 atom stereocenters. The Kier molecular flexibility index (Phi) is 2.58. The van der Waals surface area contributed by atoms with Gasteiger partial charge in [-0.1, -0.05) is 30.3 Å². The molecule has 1 aromatic carbocycles. The van der Waals surface area contributed by atoms with Crippen LogP contribution >= 0.6 is 0 Å². The highest BCUT2D eigenvalue weighted by atomic mass is 19.1. The van der Waals surface area contributed by atoms with Gasteiger partial charge in [-0.3, -0.25) is 4.79 Å². The Labute approximate surface area is 122 Å². The van der Waals surface area contributed by atoms with Crippen molar-refractivity contribution in [3.05, 3.63) is 47.5 Å². The fourth-order valence-electron chi connectivity index (χ4n) is 2.85. The second-order valence-corrected chi connectivity index (χ2v) is 5.84. The van der Waals surface area contributed by atoms with Gasteiger partial charge >= 0.3 is 0 Å². The highest BCUT2D eigenvalue weighted by Crippen LogP contribution is 2.42. The number of ketones is 1. The number of halogens is 1. The van der Waals surface area contributed by atoms with Crippen molar-refractivity contribution >= 4 is 13.6 Å². The van der Waals surface area contributed by atoms with Crippen LogP contribution < -0.4 is 0 Å². The minimum Gasteiger partial charge on any atom is -0.290 e. The van der Waals surface area contributed by atoms with Gasteiger partial charge in [0.1, 0.15) is 13.4 Å². The van der Waals surface area contributed by atoms with Crippen molar-refractivity contribution in [2.75, 3.05) is 0 Å².